The molecule has 2 amide bonds. The molecule has 3 aliphatic rings. The first-order chi connectivity index (χ1) is 17.6. The number of rotatable bonds is 9. The van der Waals surface area contributed by atoms with Crippen molar-refractivity contribution >= 4 is 12.0 Å². The average Bonchev–Trinajstić information content (AvgIpc) is 2.93. The zero-order valence-corrected chi connectivity index (χ0v) is 21.1. The molecule has 1 N–H and O–H groups in total. The van der Waals surface area contributed by atoms with Gasteiger partial charge in [-0.05, 0) is 42.6 Å². The number of nitriles is 1. The van der Waals surface area contributed by atoms with Gasteiger partial charge in [-0.2, -0.15) is 5.26 Å². The largest absolute Gasteiger partial charge is 0.436 e. The molecule has 196 valence electrons. The summed E-state index contributed by atoms with van der Waals surface area (Å²) in [6.07, 6.45) is 7.62. The molecule has 2 saturated carbocycles. The fourth-order valence-corrected chi connectivity index (χ4v) is 5.88. The van der Waals surface area contributed by atoms with Crippen LogP contribution in [-0.4, -0.2) is 62.0 Å². The molecule has 0 spiro atoms. The predicted molar refractivity (Wildman–Crippen MR) is 134 cm³/mol. The number of hydrogen-bond acceptors (Lipinski definition) is 6. The van der Waals surface area contributed by atoms with Gasteiger partial charge in [-0.1, -0.05) is 62.4 Å². The van der Waals surface area contributed by atoms with Gasteiger partial charge in [0.1, 0.15) is 6.04 Å². The summed E-state index contributed by atoms with van der Waals surface area (Å²) in [5.74, 6) is 1.45. The van der Waals surface area contributed by atoms with Crippen LogP contribution in [0.5, 0.6) is 0 Å². The van der Waals surface area contributed by atoms with Crippen LogP contribution in [0.4, 0.5) is 4.79 Å². The van der Waals surface area contributed by atoms with Gasteiger partial charge in [-0.25, -0.2) is 4.79 Å². The van der Waals surface area contributed by atoms with Gasteiger partial charge < -0.3 is 24.4 Å². The number of fused-ring (bicyclic) bond motifs is 1. The van der Waals surface area contributed by atoms with Crippen molar-refractivity contribution in [1.29, 1.82) is 5.26 Å². The minimum absolute atomic E-state index is 0.0639. The van der Waals surface area contributed by atoms with Crippen LogP contribution in [0.2, 0.25) is 0 Å². The second-order valence-corrected chi connectivity index (χ2v) is 10.4. The molecule has 0 bridgehead atoms. The van der Waals surface area contributed by atoms with E-state index in [1.54, 1.807) is 4.90 Å². The monoisotopic (exact) mass is 497 g/mol. The Morgan fingerprint density at radius 3 is 2.58 bits per heavy atom. The van der Waals surface area contributed by atoms with Crippen LogP contribution in [-0.2, 0) is 25.6 Å². The minimum Gasteiger partial charge on any atom is -0.436 e. The van der Waals surface area contributed by atoms with Gasteiger partial charge in [-0.3, -0.25) is 4.79 Å². The van der Waals surface area contributed by atoms with Crippen LogP contribution < -0.4 is 5.32 Å². The van der Waals surface area contributed by atoms with Crippen molar-refractivity contribution in [3.63, 3.8) is 0 Å². The van der Waals surface area contributed by atoms with E-state index in [9.17, 15) is 14.9 Å². The summed E-state index contributed by atoms with van der Waals surface area (Å²) in [4.78, 5) is 27.7. The summed E-state index contributed by atoms with van der Waals surface area (Å²) >= 11 is 0. The number of benzene rings is 1. The molecule has 4 rings (SSSR count). The SMILES string of the molecule is N#CC(COCc1ccccc1)NC(=O)C(CC1CCC2CCCCC2C1)OC(=O)N1CCOCC1. The lowest BCUT2D eigenvalue weighted by Crippen LogP contribution is -2.48. The highest BCUT2D eigenvalue weighted by atomic mass is 16.6. The van der Waals surface area contributed by atoms with Crippen molar-refractivity contribution in [3.05, 3.63) is 35.9 Å². The van der Waals surface area contributed by atoms with Gasteiger partial charge in [-0.15, -0.1) is 0 Å². The molecule has 8 nitrogen and oxygen atoms in total. The molecule has 1 aliphatic heterocycles. The minimum atomic E-state index is -0.921. The third kappa shape index (κ3) is 7.68. The Bertz CT molecular complexity index is 883. The topological polar surface area (TPSA) is 101 Å². The first-order valence-electron chi connectivity index (χ1n) is 13.5. The summed E-state index contributed by atoms with van der Waals surface area (Å²) in [6, 6.07) is 11.0. The molecular weight excluding hydrogens is 458 g/mol. The number of carbonyl (C=O) groups is 2. The first kappa shape index (κ1) is 26.4. The summed E-state index contributed by atoms with van der Waals surface area (Å²) < 4.78 is 16.8. The Labute approximate surface area is 214 Å². The quantitative estimate of drug-likeness (QED) is 0.553. The lowest BCUT2D eigenvalue weighted by atomic mass is 9.66. The molecule has 1 aromatic rings. The number of ether oxygens (including phenoxy) is 3. The summed E-state index contributed by atoms with van der Waals surface area (Å²) in [5, 5.41) is 12.4. The second-order valence-electron chi connectivity index (χ2n) is 10.4. The predicted octanol–water partition coefficient (Wildman–Crippen LogP) is 4.05. The third-order valence-corrected chi connectivity index (χ3v) is 7.87. The van der Waals surface area contributed by atoms with Crippen LogP contribution in [0, 0.1) is 29.1 Å². The standard InChI is InChI=1S/C28H39N3O5/c29-18-25(20-35-19-21-6-2-1-3-7-21)30-27(32)26(36-28(33)31-12-14-34-15-13-31)17-22-10-11-23-8-4-5-9-24(23)16-22/h1-3,6-7,22-26H,4-5,8-17,19-20H2,(H,30,32). The Morgan fingerprint density at radius 1 is 1.08 bits per heavy atom. The highest BCUT2D eigenvalue weighted by molar-refractivity contribution is 5.84. The fraction of sp³-hybridized carbons (Fsp3) is 0.679. The normalized spacial score (nSPS) is 25.6. The maximum absolute atomic E-state index is 13.3. The van der Waals surface area contributed by atoms with Crippen molar-refractivity contribution in [2.45, 2.75) is 70.1 Å². The van der Waals surface area contributed by atoms with Gasteiger partial charge in [0.15, 0.2) is 6.10 Å². The van der Waals surface area contributed by atoms with E-state index < -0.39 is 24.1 Å². The number of carbonyl (C=O) groups excluding carboxylic acids is 2. The molecule has 1 aromatic carbocycles. The van der Waals surface area contributed by atoms with E-state index in [-0.39, 0.29) is 6.61 Å². The van der Waals surface area contributed by atoms with Crippen LogP contribution in [0.3, 0.4) is 0 Å². The fourth-order valence-electron chi connectivity index (χ4n) is 5.88. The molecule has 5 atom stereocenters. The zero-order valence-electron chi connectivity index (χ0n) is 21.1. The van der Waals surface area contributed by atoms with Crippen molar-refractivity contribution < 1.29 is 23.8 Å². The molecule has 0 aromatic heterocycles. The Balaban J connectivity index is 1.34. The van der Waals surface area contributed by atoms with Gasteiger partial charge in [0.2, 0.25) is 0 Å². The molecule has 1 heterocycles. The van der Waals surface area contributed by atoms with Gasteiger partial charge in [0.05, 0.1) is 32.5 Å². The van der Waals surface area contributed by atoms with Crippen molar-refractivity contribution in [2.75, 3.05) is 32.9 Å². The van der Waals surface area contributed by atoms with Crippen LogP contribution in [0.25, 0.3) is 0 Å². The first-order valence-corrected chi connectivity index (χ1v) is 13.5. The number of nitrogens with one attached hydrogen (secondary N) is 1. The second kappa shape index (κ2) is 13.6. The highest BCUT2D eigenvalue weighted by Crippen LogP contribution is 2.44. The third-order valence-electron chi connectivity index (χ3n) is 7.87. The van der Waals surface area contributed by atoms with E-state index in [4.69, 9.17) is 14.2 Å². The number of nitrogens with zero attached hydrogens (tertiary/aromatic N) is 2. The van der Waals surface area contributed by atoms with E-state index in [1.807, 2.05) is 30.3 Å². The summed E-state index contributed by atoms with van der Waals surface area (Å²) in [7, 11) is 0. The van der Waals surface area contributed by atoms with E-state index >= 15 is 0 Å². The van der Waals surface area contributed by atoms with Crippen LogP contribution in [0.15, 0.2) is 30.3 Å². The van der Waals surface area contributed by atoms with E-state index in [1.165, 1.54) is 32.1 Å². The van der Waals surface area contributed by atoms with Gasteiger partial charge in [0.25, 0.3) is 5.91 Å². The van der Waals surface area contributed by atoms with Gasteiger partial charge in [0, 0.05) is 13.1 Å². The number of amides is 2. The molecule has 2 aliphatic carbocycles. The van der Waals surface area contributed by atoms with Crippen LogP contribution >= 0.6 is 0 Å². The Hall–Kier alpha value is -2.63. The van der Waals surface area contributed by atoms with Crippen LogP contribution in [0.1, 0.15) is 56.9 Å². The number of hydrogen-bond donors (Lipinski definition) is 1. The molecule has 36 heavy (non-hydrogen) atoms. The highest BCUT2D eigenvalue weighted by Gasteiger charge is 2.36. The van der Waals surface area contributed by atoms with Crippen molar-refractivity contribution in [2.24, 2.45) is 17.8 Å². The molecular formula is C28H39N3O5. The van der Waals surface area contributed by atoms with Gasteiger partial charge >= 0.3 is 6.09 Å². The lowest BCUT2D eigenvalue weighted by Gasteiger charge is -2.40. The van der Waals surface area contributed by atoms with E-state index in [0.29, 0.717) is 45.2 Å². The van der Waals surface area contributed by atoms with E-state index in [2.05, 4.69) is 11.4 Å². The zero-order chi connectivity index (χ0) is 25.2. The lowest BCUT2D eigenvalue weighted by molar-refractivity contribution is -0.132. The maximum Gasteiger partial charge on any atom is 0.410 e. The molecule has 0 radical (unpaired) electrons. The molecule has 8 heteroatoms. The summed E-state index contributed by atoms with van der Waals surface area (Å²) in [5.41, 5.74) is 0.996. The Kier molecular flexibility index (Phi) is 10.00. The summed E-state index contributed by atoms with van der Waals surface area (Å²) in [6.45, 7) is 2.26. The van der Waals surface area contributed by atoms with E-state index in [0.717, 1.165) is 30.2 Å². The number of morpholine rings is 1. The van der Waals surface area contributed by atoms with Crippen molar-refractivity contribution in [1.82, 2.24) is 10.2 Å². The molecule has 3 fully saturated rings. The average molecular weight is 498 g/mol. The maximum atomic E-state index is 13.3. The smallest absolute Gasteiger partial charge is 0.410 e. The van der Waals surface area contributed by atoms with Crippen molar-refractivity contribution in [3.8, 4) is 6.07 Å². The Morgan fingerprint density at radius 2 is 1.83 bits per heavy atom. The molecule has 5 unspecified atom stereocenters. The molecule has 1 saturated heterocycles.